The lowest BCUT2D eigenvalue weighted by molar-refractivity contribution is 0.0742. The molecule has 0 saturated carbocycles. The zero-order valence-corrected chi connectivity index (χ0v) is 12.8. The van der Waals surface area contributed by atoms with E-state index in [0.29, 0.717) is 16.5 Å². The van der Waals surface area contributed by atoms with Gasteiger partial charge in [-0.3, -0.25) is 4.79 Å². The van der Waals surface area contributed by atoms with Crippen LogP contribution in [0.15, 0.2) is 54.6 Å². The van der Waals surface area contributed by atoms with E-state index in [1.165, 1.54) is 5.56 Å². The number of likely N-dealkylation sites (tertiary alicyclic amines) is 1. The molecule has 3 heteroatoms. The first kappa shape index (κ1) is 14.2. The second-order valence-corrected chi connectivity index (χ2v) is 5.99. The first-order valence-corrected chi connectivity index (χ1v) is 7.66. The summed E-state index contributed by atoms with van der Waals surface area (Å²) in [6, 6.07) is 17.8. The Morgan fingerprint density at radius 2 is 1.90 bits per heavy atom. The molecule has 2 aromatic rings. The SMILES string of the molecule is C[C@@H]1[C@@H](c2ccccc2)CCN1C(=O)c1cccc(Cl)c1. The summed E-state index contributed by atoms with van der Waals surface area (Å²) in [5.41, 5.74) is 1.98. The van der Waals surface area contributed by atoms with Crippen molar-refractivity contribution in [3.05, 3.63) is 70.7 Å². The van der Waals surface area contributed by atoms with Gasteiger partial charge in [-0.2, -0.15) is 0 Å². The standard InChI is InChI=1S/C18H18ClNO/c1-13-17(14-6-3-2-4-7-14)10-11-20(13)18(21)15-8-5-9-16(19)12-15/h2-9,12-13,17H,10-11H2,1H3/t13-,17+/m1/s1. The first-order valence-electron chi connectivity index (χ1n) is 7.28. The minimum Gasteiger partial charge on any atom is -0.335 e. The van der Waals surface area contributed by atoms with Gasteiger partial charge >= 0.3 is 0 Å². The van der Waals surface area contributed by atoms with Crippen molar-refractivity contribution in [3.63, 3.8) is 0 Å². The zero-order chi connectivity index (χ0) is 14.8. The van der Waals surface area contributed by atoms with Crippen molar-refractivity contribution in [2.75, 3.05) is 6.54 Å². The van der Waals surface area contributed by atoms with Crippen molar-refractivity contribution in [3.8, 4) is 0 Å². The van der Waals surface area contributed by atoms with E-state index in [9.17, 15) is 4.79 Å². The average molecular weight is 300 g/mol. The Kier molecular flexibility index (Phi) is 3.98. The van der Waals surface area contributed by atoms with Gasteiger partial charge in [0.15, 0.2) is 0 Å². The minimum atomic E-state index is 0.0726. The lowest BCUT2D eigenvalue weighted by atomic mass is 9.93. The smallest absolute Gasteiger partial charge is 0.254 e. The van der Waals surface area contributed by atoms with Crippen molar-refractivity contribution in [2.24, 2.45) is 0 Å². The highest BCUT2D eigenvalue weighted by molar-refractivity contribution is 6.30. The molecule has 1 fully saturated rings. The summed E-state index contributed by atoms with van der Waals surface area (Å²) in [6.07, 6.45) is 1.01. The van der Waals surface area contributed by atoms with Gasteiger partial charge in [0, 0.05) is 29.1 Å². The first-order chi connectivity index (χ1) is 10.2. The van der Waals surface area contributed by atoms with Gasteiger partial charge in [0.05, 0.1) is 0 Å². The summed E-state index contributed by atoms with van der Waals surface area (Å²) in [6.45, 7) is 2.93. The Morgan fingerprint density at radius 3 is 2.62 bits per heavy atom. The molecule has 2 aromatic carbocycles. The molecule has 0 bridgehead atoms. The van der Waals surface area contributed by atoms with Gasteiger partial charge in [-0.05, 0) is 37.1 Å². The number of rotatable bonds is 2. The van der Waals surface area contributed by atoms with E-state index >= 15 is 0 Å². The Labute approximate surface area is 130 Å². The largest absolute Gasteiger partial charge is 0.335 e. The molecule has 0 aromatic heterocycles. The average Bonchev–Trinajstić information content (AvgIpc) is 2.89. The van der Waals surface area contributed by atoms with Crippen LogP contribution < -0.4 is 0 Å². The lowest BCUT2D eigenvalue weighted by Crippen LogP contribution is -2.35. The van der Waals surface area contributed by atoms with E-state index in [1.54, 1.807) is 12.1 Å². The zero-order valence-electron chi connectivity index (χ0n) is 12.0. The van der Waals surface area contributed by atoms with E-state index in [0.717, 1.165) is 13.0 Å². The van der Waals surface area contributed by atoms with Gasteiger partial charge in [-0.1, -0.05) is 48.0 Å². The third-order valence-electron chi connectivity index (χ3n) is 4.32. The van der Waals surface area contributed by atoms with Crippen molar-refractivity contribution in [1.29, 1.82) is 0 Å². The molecule has 3 rings (SSSR count). The van der Waals surface area contributed by atoms with Gasteiger partial charge in [-0.15, -0.1) is 0 Å². The molecule has 0 radical (unpaired) electrons. The number of amides is 1. The van der Waals surface area contributed by atoms with Crippen LogP contribution in [-0.2, 0) is 0 Å². The molecule has 1 saturated heterocycles. The highest BCUT2D eigenvalue weighted by atomic mass is 35.5. The Morgan fingerprint density at radius 1 is 1.14 bits per heavy atom. The molecule has 1 aliphatic rings. The van der Waals surface area contributed by atoms with Crippen molar-refractivity contribution >= 4 is 17.5 Å². The van der Waals surface area contributed by atoms with Crippen LogP contribution in [0.1, 0.15) is 35.2 Å². The van der Waals surface area contributed by atoms with Gasteiger partial charge in [0.1, 0.15) is 0 Å². The Balaban J connectivity index is 1.80. The van der Waals surface area contributed by atoms with Crippen molar-refractivity contribution in [1.82, 2.24) is 4.90 Å². The van der Waals surface area contributed by atoms with Crippen molar-refractivity contribution < 1.29 is 4.79 Å². The number of carbonyl (C=O) groups excluding carboxylic acids is 1. The maximum atomic E-state index is 12.7. The minimum absolute atomic E-state index is 0.0726. The number of hydrogen-bond acceptors (Lipinski definition) is 1. The molecule has 2 nitrogen and oxygen atoms in total. The molecule has 1 amide bonds. The van der Waals surface area contributed by atoms with Crippen LogP contribution in [0, 0.1) is 0 Å². The number of hydrogen-bond donors (Lipinski definition) is 0. The molecular formula is C18H18ClNO. The van der Waals surface area contributed by atoms with Crippen LogP contribution in [0.4, 0.5) is 0 Å². The van der Waals surface area contributed by atoms with Crippen LogP contribution in [0.2, 0.25) is 5.02 Å². The monoisotopic (exact) mass is 299 g/mol. The number of halogens is 1. The topological polar surface area (TPSA) is 20.3 Å². The van der Waals surface area contributed by atoms with Crippen LogP contribution in [-0.4, -0.2) is 23.4 Å². The predicted molar refractivity (Wildman–Crippen MR) is 85.8 cm³/mol. The van der Waals surface area contributed by atoms with Gasteiger partial charge in [-0.25, -0.2) is 0 Å². The maximum Gasteiger partial charge on any atom is 0.254 e. The van der Waals surface area contributed by atoms with Gasteiger partial charge < -0.3 is 4.90 Å². The number of nitrogens with zero attached hydrogens (tertiary/aromatic N) is 1. The van der Waals surface area contributed by atoms with Gasteiger partial charge in [0.2, 0.25) is 0 Å². The summed E-state index contributed by atoms with van der Waals surface area (Å²) in [7, 11) is 0. The predicted octanol–water partition coefficient (Wildman–Crippen LogP) is 4.36. The highest BCUT2D eigenvalue weighted by Crippen LogP contribution is 2.34. The van der Waals surface area contributed by atoms with Crippen LogP contribution in [0.5, 0.6) is 0 Å². The fraction of sp³-hybridized carbons (Fsp3) is 0.278. The van der Waals surface area contributed by atoms with E-state index < -0.39 is 0 Å². The second kappa shape index (κ2) is 5.90. The highest BCUT2D eigenvalue weighted by Gasteiger charge is 2.34. The van der Waals surface area contributed by atoms with E-state index in [-0.39, 0.29) is 11.9 Å². The molecule has 0 unspecified atom stereocenters. The fourth-order valence-electron chi connectivity index (χ4n) is 3.16. The van der Waals surface area contributed by atoms with E-state index in [4.69, 9.17) is 11.6 Å². The molecular weight excluding hydrogens is 282 g/mol. The molecule has 0 aliphatic carbocycles. The normalized spacial score (nSPS) is 21.5. The van der Waals surface area contributed by atoms with Crippen LogP contribution >= 0.6 is 11.6 Å². The van der Waals surface area contributed by atoms with Crippen LogP contribution in [0.3, 0.4) is 0 Å². The van der Waals surface area contributed by atoms with Crippen molar-refractivity contribution in [2.45, 2.75) is 25.3 Å². The van der Waals surface area contributed by atoms with Gasteiger partial charge in [0.25, 0.3) is 5.91 Å². The molecule has 108 valence electrons. The second-order valence-electron chi connectivity index (χ2n) is 5.56. The lowest BCUT2D eigenvalue weighted by Gasteiger charge is -2.25. The number of benzene rings is 2. The maximum absolute atomic E-state index is 12.7. The summed E-state index contributed by atoms with van der Waals surface area (Å²) in [4.78, 5) is 14.6. The van der Waals surface area contributed by atoms with E-state index in [1.807, 2.05) is 23.1 Å². The molecule has 1 heterocycles. The summed E-state index contributed by atoms with van der Waals surface area (Å²) in [5, 5.41) is 0.604. The summed E-state index contributed by atoms with van der Waals surface area (Å²) < 4.78 is 0. The summed E-state index contributed by atoms with van der Waals surface area (Å²) in [5.74, 6) is 0.484. The quantitative estimate of drug-likeness (QED) is 0.807. The van der Waals surface area contributed by atoms with Crippen LogP contribution in [0.25, 0.3) is 0 Å². The van der Waals surface area contributed by atoms with E-state index in [2.05, 4.69) is 31.2 Å². The fourth-order valence-corrected chi connectivity index (χ4v) is 3.35. The molecule has 1 aliphatic heterocycles. The third-order valence-corrected chi connectivity index (χ3v) is 4.55. The molecule has 21 heavy (non-hydrogen) atoms. The molecule has 0 spiro atoms. The number of carbonyl (C=O) groups is 1. The third kappa shape index (κ3) is 2.81. The molecule has 0 N–H and O–H groups in total. The summed E-state index contributed by atoms with van der Waals surface area (Å²) >= 11 is 5.99. The Bertz CT molecular complexity index is 641. The molecule has 2 atom stereocenters. The Hall–Kier alpha value is -1.80.